The zero-order valence-electron chi connectivity index (χ0n) is 14.5. The molecule has 0 radical (unpaired) electrons. The summed E-state index contributed by atoms with van der Waals surface area (Å²) < 4.78 is 0. The van der Waals surface area contributed by atoms with Gasteiger partial charge in [-0.05, 0) is 30.2 Å². The summed E-state index contributed by atoms with van der Waals surface area (Å²) in [7, 11) is 0. The Morgan fingerprint density at radius 3 is 2.71 bits per heavy atom. The van der Waals surface area contributed by atoms with Gasteiger partial charge in [-0.1, -0.05) is 43.7 Å². The van der Waals surface area contributed by atoms with Gasteiger partial charge in [0.2, 0.25) is 0 Å². The molecule has 0 bridgehead atoms. The van der Waals surface area contributed by atoms with E-state index in [4.69, 9.17) is 0 Å². The maximum atomic E-state index is 12.0. The van der Waals surface area contributed by atoms with Crippen molar-refractivity contribution in [2.75, 3.05) is 19.6 Å². The average molecular weight is 331 g/mol. The number of amides is 2. The van der Waals surface area contributed by atoms with E-state index in [1.165, 1.54) is 24.8 Å². The molecule has 5 nitrogen and oxygen atoms in total. The van der Waals surface area contributed by atoms with Crippen molar-refractivity contribution >= 4 is 6.03 Å². The first-order valence-electron chi connectivity index (χ1n) is 9.02. The van der Waals surface area contributed by atoms with E-state index in [1.54, 1.807) is 0 Å². The van der Waals surface area contributed by atoms with Crippen LogP contribution in [0, 0.1) is 5.41 Å². The second kappa shape index (κ2) is 7.53. The smallest absolute Gasteiger partial charge is 0.314 e. The number of hydrogen-bond donors (Lipinski definition) is 3. The van der Waals surface area contributed by atoms with Crippen LogP contribution in [0.15, 0.2) is 30.3 Å². The minimum absolute atomic E-state index is 0.0934. The zero-order chi connectivity index (χ0) is 17.0. The molecule has 2 atom stereocenters. The molecule has 2 aliphatic rings. The second-order valence-corrected chi connectivity index (χ2v) is 7.69. The van der Waals surface area contributed by atoms with Crippen LogP contribution in [-0.2, 0) is 6.54 Å². The fraction of sp³-hybridized carbons (Fsp3) is 0.632. The highest BCUT2D eigenvalue weighted by Gasteiger charge is 2.33. The molecule has 0 aromatic heterocycles. The van der Waals surface area contributed by atoms with Crippen molar-refractivity contribution in [1.82, 2.24) is 15.5 Å². The first-order valence-corrected chi connectivity index (χ1v) is 9.02. The van der Waals surface area contributed by atoms with Crippen LogP contribution in [0.3, 0.4) is 0 Å². The monoisotopic (exact) mass is 331 g/mol. The van der Waals surface area contributed by atoms with Crippen LogP contribution in [-0.4, -0.2) is 47.8 Å². The summed E-state index contributed by atoms with van der Waals surface area (Å²) >= 11 is 0. The molecule has 1 aromatic carbocycles. The van der Waals surface area contributed by atoms with E-state index in [9.17, 15) is 9.90 Å². The predicted molar refractivity (Wildman–Crippen MR) is 94.6 cm³/mol. The summed E-state index contributed by atoms with van der Waals surface area (Å²) in [5.74, 6) is 0. The summed E-state index contributed by atoms with van der Waals surface area (Å²) in [6, 6.07) is 10.4. The molecular formula is C19H29N3O2. The average Bonchev–Trinajstić information content (AvgIpc) is 2.89. The Balaban J connectivity index is 1.45. The molecule has 1 heterocycles. The molecule has 1 aliphatic heterocycles. The maximum Gasteiger partial charge on any atom is 0.314 e. The summed E-state index contributed by atoms with van der Waals surface area (Å²) in [5, 5.41) is 16.0. The van der Waals surface area contributed by atoms with Crippen LogP contribution in [0.5, 0.6) is 0 Å². The molecule has 1 aliphatic carbocycles. The van der Waals surface area contributed by atoms with Gasteiger partial charge in [0.15, 0.2) is 0 Å². The lowest BCUT2D eigenvalue weighted by Crippen LogP contribution is -2.47. The molecule has 5 heteroatoms. The summed E-state index contributed by atoms with van der Waals surface area (Å²) in [4.78, 5) is 14.3. The van der Waals surface area contributed by atoms with Gasteiger partial charge in [0.05, 0.1) is 6.10 Å². The minimum Gasteiger partial charge on any atom is -0.392 e. The Hall–Kier alpha value is -1.59. The standard InChI is InChI=1S/C19H29N3O2/c1-19(8-5-9-19)14-21-18(24)20-11-16-10-17(23)13-22(16)12-15-6-3-2-4-7-15/h2-4,6-7,16-17,23H,5,8-14H2,1H3,(H2,20,21,24). The number of benzene rings is 1. The Kier molecular flexibility index (Phi) is 5.41. The molecular weight excluding hydrogens is 302 g/mol. The van der Waals surface area contributed by atoms with Gasteiger partial charge in [0.1, 0.15) is 0 Å². The number of aliphatic hydroxyl groups is 1. The van der Waals surface area contributed by atoms with Crippen molar-refractivity contribution in [2.24, 2.45) is 5.41 Å². The van der Waals surface area contributed by atoms with Gasteiger partial charge >= 0.3 is 6.03 Å². The van der Waals surface area contributed by atoms with Gasteiger partial charge in [0.25, 0.3) is 0 Å². The van der Waals surface area contributed by atoms with Gasteiger partial charge in [-0.3, -0.25) is 4.90 Å². The molecule has 24 heavy (non-hydrogen) atoms. The fourth-order valence-electron chi connectivity index (χ4n) is 3.71. The van der Waals surface area contributed by atoms with Crippen LogP contribution < -0.4 is 10.6 Å². The SMILES string of the molecule is CC1(CNC(=O)NCC2CC(O)CN2Cc2ccccc2)CCC1. The number of urea groups is 1. The quantitative estimate of drug-likeness (QED) is 0.748. The minimum atomic E-state index is -0.308. The summed E-state index contributed by atoms with van der Waals surface area (Å²) in [6.07, 6.45) is 4.08. The first kappa shape index (κ1) is 17.2. The largest absolute Gasteiger partial charge is 0.392 e. The number of nitrogens with one attached hydrogen (secondary N) is 2. The number of nitrogens with zero attached hydrogens (tertiary/aromatic N) is 1. The molecule has 2 amide bonds. The highest BCUT2D eigenvalue weighted by atomic mass is 16.3. The van der Waals surface area contributed by atoms with E-state index < -0.39 is 0 Å². The molecule has 132 valence electrons. The molecule has 0 spiro atoms. The van der Waals surface area contributed by atoms with Crippen LogP contribution in [0.1, 0.15) is 38.2 Å². The van der Waals surface area contributed by atoms with E-state index in [-0.39, 0.29) is 18.2 Å². The molecule has 2 fully saturated rings. The number of hydrogen-bond acceptors (Lipinski definition) is 3. The second-order valence-electron chi connectivity index (χ2n) is 7.69. The number of aliphatic hydroxyl groups excluding tert-OH is 1. The molecule has 3 rings (SSSR count). The number of carbonyl (C=O) groups is 1. The van der Waals surface area contributed by atoms with E-state index in [0.717, 1.165) is 13.1 Å². The molecule has 1 aromatic rings. The van der Waals surface area contributed by atoms with Gasteiger partial charge in [-0.2, -0.15) is 0 Å². The Morgan fingerprint density at radius 2 is 2.04 bits per heavy atom. The van der Waals surface area contributed by atoms with Gasteiger partial charge in [-0.15, -0.1) is 0 Å². The van der Waals surface area contributed by atoms with Gasteiger partial charge < -0.3 is 15.7 Å². The van der Waals surface area contributed by atoms with Crippen molar-refractivity contribution in [3.63, 3.8) is 0 Å². The van der Waals surface area contributed by atoms with Crippen molar-refractivity contribution in [3.05, 3.63) is 35.9 Å². The summed E-state index contributed by atoms with van der Waals surface area (Å²) in [6.45, 7) is 5.03. The van der Waals surface area contributed by atoms with E-state index in [0.29, 0.717) is 24.9 Å². The zero-order valence-corrected chi connectivity index (χ0v) is 14.5. The number of rotatable bonds is 6. The van der Waals surface area contributed by atoms with Crippen LogP contribution >= 0.6 is 0 Å². The lowest BCUT2D eigenvalue weighted by molar-refractivity contribution is 0.156. The lowest BCUT2D eigenvalue weighted by Gasteiger charge is -2.38. The van der Waals surface area contributed by atoms with Crippen molar-refractivity contribution < 1.29 is 9.90 Å². The van der Waals surface area contributed by atoms with Gasteiger partial charge in [-0.25, -0.2) is 4.79 Å². The Labute approximate surface area is 144 Å². The predicted octanol–water partition coefficient (Wildman–Crippen LogP) is 2.11. The topological polar surface area (TPSA) is 64.6 Å². The highest BCUT2D eigenvalue weighted by molar-refractivity contribution is 5.73. The number of β-amino-alcohol motifs (C(OH)–C–C–N with tert-alkyl or cyclic N) is 1. The highest BCUT2D eigenvalue weighted by Crippen LogP contribution is 2.39. The molecule has 2 unspecified atom stereocenters. The van der Waals surface area contributed by atoms with Crippen LogP contribution in [0.25, 0.3) is 0 Å². The van der Waals surface area contributed by atoms with Crippen molar-refractivity contribution in [2.45, 2.75) is 51.3 Å². The van der Waals surface area contributed by atoms with Crippen molar-refractivity contribution in [1.29, 1.82) is 0 Å². The lowest BCUT2D eigenvalue weighted by atomic mass is 9.70. The summed E-state index contributed by atoms with van der Waals surface area (Å²) in [5.41, 5.74) is 1.53. The molecule has 3 N–H and O–H groups in total. The third-order valence-electron chi connectivity index (χ3n) is 5.47. The molecule has 1 saturated heterocycles. The number of carbonyl (C=O) groups excluding carboxylic acids is 1. The van der Waals surface area contributed by atoms with Crippen LogP contribution in [0.2, 0.25) is 0 Å². The Bertz CT molecular complexity index is 545. The van der Waals surface area contributed by atoms with Crippen molar-refractivity contribution in [3.8, 4) is 0 Å². The van der Waals surface area contributed by atoms with Gasteiger partial charge in [0, 0.05) is 32.2 Å². The Morgan fingerprint density at radius 1 is 1.29 bits per heavy atom. The maximum absolute atomic E-state index is 12.0. The normalized spacial score (nSPS) is 25.9. The molecule has 1 saturated carbocycles. The number of likely N-dealkylation sites (tertiary alicyclic amines) is 1. The van der Waals surface area contributed by atoms with E-state index in [1.807, 2.05) is 18.2 Å². The van der Waals surface area contributed by atoms with Crippen LogP contribution in [0.4, 0.5) is 4.79 Å². The first-order chi connectivity index (χ1) is 11.5. The fourth-order valence-corrected chi connectivity index (χ4v) is 3.71. The third-order valence-corrected chi connectivity index (χ3v) is 5.47. The third kappa shape index (κ3) is 4.48. The van der Waals surface area contributed by atoms with E-state index >= 15 is 0 Å². The van der Waals surface area contributed by atoms with E-state index in [2.05, 4.69) is 34.6 Å².